The third-order valence-corrected chi connectivity index (χ3v) is 8.55. The Morgan fingerprint density at radius 3 is 2.64 bits per heavy atom. The first-order chi connectivity index (χ1) is 16.8. The number of cyclic esters (lactones) is 1. The van der Waals surface area contributed by atoms with Crippen LogP contribution in [0.25, 0.3) is 6.08 Å². The minimum absolute atomic E-state index is 0.141. The number of rotatable bonds is 3. The van der Waals surface area contributed by atoms with Crippen molar-refractivity contribution in [3.63, 3.8) is 0 Å². The highest BCUT2D eigenvalue weighted by molar-refractivity contribution is 7.09. The summed E-state index contributed by atoms with van der Waals surface area (Å²) < 4.78 is 26.4. The Labute approximate surface area is 217 Å². The second-order valence-corrected chi connectivity index (χ2v) is 12.0. The summed E-state index contributed by atoms with van der Waals surface area (Å²) in [5, 5.41) is 24.6. The van der Waals surface area contributed by atoms with Crippen LogP contribution in [0, 0.1) is 24.2 Å². The fourth-order valence-corrected chi connectivity index (χ4v) is 5.59. The van der Waals surface area contributed by atoms with E-state index in [-0.39, 0.29) is 24.5 Å². The maximum absolute atomic E-state index is 15.3. The van der Waals surface area contributed by atoms with Gasteiger partial charge in [-0.1, -0.05) is 27.7 Å². The number of aromatic nitrogens is 1. The molecule has 0 spiro atoms. The van der Waals surface area contributed by atoms with Crippen LogP contribution in [0.15, 0.2) is 11.0 Å². The fraction of sp³-hybridized carbons (Fsp3) is 0.741. The zero-order valence-electron chi connectivity index (χ0n) is 22.1. The van der Waals surface area contributed by atoms with Crippen molar-refractivity contribution in [1.29, 1.82) is 0 Å². The van der Waals surface area contributed by atoms with E-state index in [1.165, 1.54) is 11.3 Å². The van der Waals surface area contributed by atoms with E-state index < -0.39 is 54.0 Å². The summed E-state index contributed by atoms with van der Waals surface area (Å²) in [5.41, 5.74) is 0.162. The number of carbonyl (C=O) groups is 2. The van der Waals surface area contributed by atoms with Gasteiger partial charge in [0.2, 0.25) is 5.85 Å². The third-order valence-electron chi connectivity index (χ3n) is 7.76. The minimum Gasteiger partial charge on any atom is -0.458 e. The zero-order valence-corrected chi connectivity index (χ0v) is 22.9. The first kappa shape index (κ1) is 28.9. The van der Waals surface area contributed by atoms with Crippen molar-refractivity contribution in [2.75, 3.05) is 0 Å². The molecule has 0 amide bonds. The lowest BCUT2D eigenvalue weighted by Gasteiger charge is -2.35. The number of nitrogens with zero attached hydrogens (tertiary/aromatic N) is 1. The number of aliphatic hydroxyl groups excluding tert-OH is 2. The van der Waals surface area contributed by atoms with E-state index in [1.54, 1.807) is 26.8 Å². The monoisotopic (exact) mass is 525 g/mol. The van der Waals surface area contributed by atoms with E-state index in [2.05, 4.69) is 4.98 Å². The van der Waals surface area contributed by atoms with Crippen LogP contribution in [0.2, 0.25) is 0 Å². The molecule has 202 valence electrons. The van der Waals surface area contributed by atoms with Crippen LogP contribution in [-0.4, -0.2) is 57.2 Å². The van der Waals surface area contributed by atoms with E-state index in [9.17, 15) is 19.8 Å². The van der Waals surface area contributed by atoms with E-state index in [0.717, 1.165) is 10.7 Å². The van der Waals surface area contributed by atoms with Crippen LogP contribution in [0.5, 0.6) is 0 Å². The molecule has 3 heterocycles. The van der Waals surface area contributed by atoms with Gasteiger partial charge in [-0.3, -0.25) is 9.59 Å². The molecule has 2 aliphatic rings. The highest BCUT2D eigenvalue weighted by atomic mass is 32.1. The van der Waals surface area contributed by atoms with Crippen LogP contribution >= 0.6 is 11.3 Å². The largest absolute Gasteiger partial charge is 0.458 e. The normalized spacial score (nSPS) is 36.8. The molecule has 2 saturated heterocycles. The van der Waals surface area contributed by atoms with Crippen molar-refractivity contribution < 1.29 is 33.7 Å². The van der Waals surface area contributed by atoms with Crippen molar-refractivity contribution in [2.24, 2.45) is 17.3 Å². The molecule has 2 unspecified atom stereocenters. The molecular formula is C27H40FNO6S. The average molecular weight is 526 g/mol. The van der Waals surface area contributed by atoms with Gasteiger partial charge in [-0.2, -0.15) is 0 Å². The van der Waals surface area contributed by atoms with Gasteiger partial charge >= 0.3 is 5.97 Å². The van der Waals surface area contributed by atoms with Crippen molar-refractivity contribution >= 4 is 29.2 Å². The molecule has 0 bridgehead atoms. The van der Waals surface area contributed by atoms with Gasteiger partial charge in [-0.05, 0) is 50.7 Å². The minimum atomic E-state index is -1.80. The number of Topliss-reactive ketones (excluding diaryl/α,β-unsaturated/α-hetero) is 1. The van der Waals surface area contributed by atoms with Crippen LogP contribution in [0.3, 0.4) is 0 Å². The first-order valence-electron chi connectivity index (χ1n) is 12.9. The predicted octanol–water partition coefficient (Wildman–Crippen LogP) is 4.77. The summed E-state index contributed by atoms with van der Waals surface area (Å²) in [6.07, 6.45) is -0.563. The van der Waals surface area contributed by atoms with Crippen LogP contribution in [0.4, 0.5) is 4.39 Å². The number of aryl methyl sites for hydroxylation is 1. The van der Waals surface area contributed by atoms with Crippen molar-refractivity contribution in [3.8, 4) is 0 Å². The summed E-state index contributed by atoms with van der Waals surface area (Å²) in [4.78, 5) is 30.7. The molecule has 0 saturated carbocycles. The Morgan fingerprint density at radius 1 is 1.33 bits per heavy atom. The van der Waals surface area contributed by atoms with E-state index >= 15 is 4.39 Å². The number of aliphatic hydroxyl groups is 2. The Kier molecular flexibility index (Phi) is 9.13. The zero-order chi connectivity index (χ0) is 26.8. The number of hydrogen-bond donors (Lipinski definition) is 2. The Hall–Kier alpha value is -1.68. The summed E-state index contributed by atoms with van der Waals surface area (Å²) in [6.45, 7) is 10.6. The molecule has 2 aliphatic heterocycles. The van der Waals surface area contributed by atoms with Gasteiger partial charge in [0, 0.05) is 24.1 Å². The average Bonchev–Trinajstić information content (AvgIpc) is 3.24. The molecular weight excluding hydrogens is 485 g/mol. The van der Waals surface area contributed by atoms with Crippen LogP contribution < -0.4 is 0 Å². The van der Waals surface area contributed by atoms with E-state index in [1.807, 2.05) is 26.2 Å². The number of carbonyl (C=O) groups excluding carboxylic acids is 2. The predicted molar refractivity (Wildman–Crippen MR) is 136 cm³/mol. The van der Waals surface area contributed by atoms with E-state index in [4.69, 9.17) is 9.47 Å². The lowest BCUT2D eigenvalue weighted by Crippen LogP contribution is -2.46. The maximum atomic E-state index is 15.3. The molecule has 7 nitrogen and oxygen atoms in total. The summed E-state index contributed by atoms with van der Waals surface area (Å²) in [6, 6.07) is 0. The topological polar surface area (TPSA) is 109 Å². The molecule has 9 heteroatoms. The number of fused-ring (bicyclic) bond motifs is 1. The highest BCUT2D eigenvalue weighted by Crippen LogP contribution is 2.46. The standard InChI is InChI=1S/C27H40FNO6S/c1-7-19-24(32)15(2)9-8-10-27(28)22(35-27)12-20(16(3)11-18-14-36-17(4)29-18)34-23(31)13-21(30)26(5,6)25(19)33/h11,14-15,19-22,24,30,32H,7-10,12-13H2,1-6H3/b16-11+/t15-,19+,20-,21-,22?,24-,27?/m0/s1. The number of halogens is 1. The Balaban J connectivity index is 1.87. The molecule has 36 heavy (non-hydrogen) atoms. The van der Waals surface area contributed by atoms with Gasteiger partial charge < -0.3 is 19.7 Å². The molecule has 0 radical (unpaired) electrons. The summed E-state index contributed by atoms with van der Waals surface area (Å²) >= 11 is 1.50. The Bertz CT molecular complexity index is 977. The molecule has 1 aromatic rings. The van der Waals surface area contributed by atoms with Crippen molar-refractivity contribution in [1.82, 2.24) is 4.98 Å². The second-order valence-electron chi connectivity index (χ2n) is 11.0. The number of epoxide rings is 1. The van der Waals surface area contributed by atoms with Gasteiger partial charge in [-0.15, -0.1) is 11.3 Å². The SMILES string of the molecule is CC[C@H]1C(=O)C(C)(C)[C@@H](O)CC(=O)O[C@H](/C(C)=C/c2csc(C)n2)CC2OC2(F)CCC[C@H](C)[C@@H]1O. The van der Waals surface area contributed by atoms with Crippen LogP contribution in [-0.2, 0) is 19.1 Å². The molecule has 1 aromatic heterocycles. The first-order valence-corrected chi connectivity index (χ1v) is 13.7. The molecule has 2 N–H and O–H groups in total. The van der Waals surface area contributed by atoms with Crippen LogP contribution in [0.1, 0.15) is 83.8 Å². The van der Waals surface area contributed by atoms with Gasteiger partial charge in [0.1, 0.15) is 18.0 Å². The summed E-state index contributed by atoms with van der Waals surface area (Å²) in [7, 11) is 0. The smallest absolute Gasteiger partial charge is 0.309 e. The van der Waals surface area contributed by atoms with Gasteiger partial charge in [0.05, 0.1) is 34.7 Å². The van der Waals surface area contributed by atoms with Gasteiger partial charge in [-0.25, -0.2) is 9.37 Å². The van der Waals surface area contributed by atoms with Crippen molar-refractivity contribution in [3.05, 3.63) is 21.7 Å². The number of alkyl halides is 1. The lowest BCUT2D eigenvalue weighted by atomic mass is 9.71. The van der Waals surface area contributed by atoms with Crippen molar-refractivity contribution in [2.45, 2.75) is 110 Å². The molecule has 2 fully saturated rings. The number of hydrogen-bond acceptors (Lipinski definition) is 8. The van der Waals surface area contributed by atoms with Gasteiger partial charge in [0.25, 0.3) is 0 Å². The third kappa shape index (κ3) is 6.60. The number of ether oxygens (including phenoxy) is 2. The quantitative estimate of drug-likeness (QED) is 0.432. The fourth-order valence-electron chi connectivity index (χ4n) is 5.02. The number of ketones is 1. The molecule has 7 atom stereocenters. The maximum Gasteiger partial charge on any atom is 0.309 e. The molecule has 0 aromatic carbocycles. The van der Waals surface area contributed by atoms with E-state index in [0.29, 0.717) is 24.8 Å². The lowest BCUT2D eigenvalue weighted by molar-refractivity contribution is -0.154. The molecule has 0 aliphatic carbocycles. The highest BCUT2D eigenvalue weighted by Gasteiger charge is 2.58. The second kappa shape index (κ2) is 11.4. The van der Waals surface area contributed by atoms with Gasteiger partial charge in [0.15, 0.2) is 0 Å². The number of esters is 1. The summed E-state index contributed by atoms with van der Waals surface area (Å²) in [5.74, 6) is -3.71. The molecule has 3 rings (SSSR count). The Morgan fingerprint density at radius 2 is 2.03 bits per heavy atom. The number of thiazole rings is 1.